The monoisotopic (exact) mass is 303 g/mol. The van der Waals surface area contributed by atoms with Crippen LogP contribution < -0.4 is 4.72 Å². The van der Waals surface area contributed by atoms with E-state index in [1.54, 1.807) is 13.0 Å². The number of halogens is 1. The highest BCUT2D eigenvalue weighted by Crippen LogP contribution is 2.28. The molecule has 0 aliphatic rings. The van der Waals surface area contributed by atoms with Gasteiger partial charge < -0.3 is 5.11 Å². The van der Waals surface area contributed by atoms with Gasteiger partial charge in [0.05, 0.1) is 4.34 Å². The molecule has 7 heteroatoms. The Kier molecular flexibility index (Phi) is 3.52. The molecule has 0 saturated heterocycles. The molecule has 0 aliphatic heterocycles. The van der Waals surface area contributed by atoms with Gasteiger partial charge in [0.15, 0.2) is 0 Å². The Morgan fingerprint density at radius 1 is 1.28 bits per heavy atom. The molecule has 2 aromatic rings. The van der Waals surface area contributed by atoms with Crippen molar-refractivity contribution >= 4 is 38.6 Å². The summed E-state index contributed by atoms with van der Waals surface area (Å²) >= 11 is 6.70. The van der Waals surface area contributed by atoms with E-state index in [0.717, 1.165) is 11.3 Å². The molecule has 0 saturated carbocycles. The number of anilines is 1. The van der Waals surface area contributed by atoms with Crippen LogP contribution in [0, 0.1) is 6.92 Å². The van der Waals surface area contributed by atoms with Crippen LogP contribution in [0.3, 0.4) is 0 Å². The fraction of sp³-hybridized carbons (Fsp3) is 0.0909. The summed E-state index contributed by atoms with van der Waals surface area (Å²) in [5.41, 5.74) is 0.995. The van der Waals surface area contributed by atoms with E-state index in [9.17, 15) is 13.5 Å². The summed E-state index contributed by atoms with van der Waals surface area (Å²) in [6, 6.07) is 7.47. The zero-order chi connectivity index (χ0) is 13.3. The van der Waals surface area contributed by atoms with Crippen molar-refractivity contribution < 1.29 is 13.5 Å². The minimum atomic E-state index is -3.62. The molecule has 0 amide bonds. The van der Waals surface area contributed by atoms with Crippen LogP contribution in [0.15, 0.2) is 34.5 Å². The predicted molar refractivity (Wildman–Crippen MR) is 73.0 cm³/mol. The summed E-state index contributed by atoms with van der Waals surface area (Å²) in [6.07, 6.45) is 0. The second-order valence-corrected chi connectivity index (χ2v) is 7.29. The number of sulfonamides is 1. The van der Waals surface area contributed by atoms with Gasteiger partial charge in [-0.15, -0.1) is 11.3 Å². The molecule has 1 aromatic heterocycles. The summed E-state index contributed by atoms with van der Waals surface area (Å²) in [7, 11) is -3.62. The van der Waals surface area contributed by atoms with Crippen molar-refractivity contribution in [1.82, 2.24) is 0 Å². The predicted octanol–water partition coefficient (Wildman–Crippen LogP) is 3.22. The highest BCUT2D eigenvalue weighted by atomic mass is 35.5. The van der Waals surface area contributed by atoms with Crippen LogP contribution in [-0.4, -0.2) is 13.5 Å². The number of benzene rings is 1. The van der Waals surface area contributed by atoms with Gasteiger partial charge in [-0.25, -0.2) is 8.42 Å². The third kappa shape index (κ3) is 2.77. The van der Waals surface area contributed by atoms with E-state index < -0.39 is 10.0 Å². The molecule has 18 heavy (non-hydrogen) atoms. The minimum absolute atomic E-state index is 0.122. The van der Waals surface area contributed by atoms with Gasteiger partial charge in [-0.1, -0.05) is 11.6 Å². The molecule has 0 unspecified atom stereocenters. The molecule has 96 valence electrons. The standard InChI is InChI=1S/C11H10ClNO3S2/c1-7-6-8(2-3-9(7)14)13-18(15,16)11-5-4-10(12)17-11/h2-6,13-14H,1H3. The van der Waals surface area contributed by atoms with Crippen LogP contribution >= 0.6 is 22.9 Å². The van der Waals surface area contributed by atoms with E-state index >= 15 is 0 Å². The van der Waals surface area contributed by atoms with E-state index in [-0.39, 0.29) is 9.96 Å². The van der Waals surface area contributed by atoms with Crippen molar-refractivity contribution in [2.24, 2.45) is 0 Å². The Morgan fingerprint density at radius 3 is 2.56 bits per heavy atom. The molecule has 4 nitrogen and oxygen atoms in total. The van der Waals surface area contributed by atoms with Gasteiger partial charge in [-0.2, -0.15) is 0 Å². The van der Waals surface area contributed by atoms with Gasteiger partial charge in [0.1, 0.15) is 9.96 Å². The fourth-order valence-electron chi connectivity index (χ4n) is 1.37. The summed E-state index contributed by atoms with van der Waals surface area (Å²) in [5, 5.41) is 9.37. The Bertz CT molecular complexity index is 679. The molecule has 2 rings (SSSR count). The number of hydrogen-bond acceptors (Lipinski definition) is 4. The molecular formula is C11H10ClNO3S2. The quantitative estimate of drug-likeness (QED) is 0.856. The van der Waals surface area contributed by atoms with E-state index in [2.05, 4.69) is 4.72 Å². The lowest BCUT2D eigenvalue weighted by Crippen LogP contribution is -2.11. The molecular weight excluding hydrogens is 294 g/mol. The van der Waals surface area contributed by atoms with Gasteiger partial charge in [0.25, 0.3) is 10.0 Å². The number of aryl methyl sites for hydroxylation is 1. The molecule has 0 bridgehead atoms. The van der Waals surface area contributed by atoms with Crippen molar-refractivity contribution in [1.29, 1.82) is 0 Å². The van der Waals surface area contributed by atoms with Crippen molar-refractivity contribution in [3.63, 3.8) is 0 Å². The summed E-state index contributed by atoms with van der Waals surface area (Å²) < 4.78 is 27.0. The summed E-state index contributed by atoms with van der Waals surface area (Å²) in [6.45, 7) is 1.69. The van der Waals surface area contributed by atoms with E-state index in [1.807, 2.05) is 0 Å². The smallest absolute Gasteiger partial charge is 0.271 e. The Balaban J connectivity index is 2.30. The van der Waals surface area contributed by atoms with Crippen LogP contribution in [0.2, 0.25) is 4.34 Å². The van der Waals surface area contributed by atoms with Gasteiger partial charge in [-0.3, -0.25) is 4.72 Å². The first-order valence-corrected chi connectivity index (χ1v) is 7.64. The zero-order valence-corrected chi connectivity index (χ0v) is 11.7. The first-order chi connectivity index (χ1) is 8.38. The topological polar surface area (TPSA) is 66.4 Å². The number of hydrogen-bond donors (Lipinski definition) is 2. The highest BCUT2D eigenvalue weighted by molar-refractivity contribution is 7.94. The Labute approximate surface area is 114 Å². The van der Waals surface area contributed by atoms with Gasteiger partial charge >= 0.3 is 0 Å². The largest absolute Gasteiger partial charge is 0.508 e. The van der Waals surface area contributed by atoms with Crippen molar-refractivity contribution in [3.8, 4) is 5.75 Å². The fourth-order valence-corrected chi connectivity index (χ4v) is 3.90. The average molecular weight is 304 g/mol. The normalized spacial score (nSPS) is 11.4. The van der Waals surface area contributed by atoms with Crippen LogP contribution in [-0.2, 0) is 10.0 Å². The number of aromatic hydroxyl groups is 1. The molecule has 1 heterocycles. The van der Waals surface area contributed by atoms with E-state index in [0.29, 0.717) is 15.6 Å². The minimum Gasteiger partial charge on any atom is -0.508 e. The summed E-state index contributed by atoms with van der Waals surface area (Å²) in [5.74, 6) is 0.122. The van der Waals surface area contributed by atoms with E-state index in [4.69, 9.17) is 11.6 Å². The van der Waals surface area contributed by atoms with Crippen LogP contribution in [0.5, 0.6) is 5.75 Å². The van der Waals surface area contributed by atoms with Crippen LogP contribution in [0.25, 0.3) is 0 Å². The maximum absolute atomic E-state index is 12.0. The first-order valence-electron chi connectivity index (χ1n) is 4.96. The maximum atomic E-state index is 12.0. The number of phenols is 1. The molecule has 2 N–H and O–H groups in total. The molecule has 1 aromatic carbocycles. The average Bonchev–Trinajstić information content (AvgIpc) is 2.71. The maximum Gasteiger partial charge on any atom is 0.271 e. The zero-order valence-electron chi connectivity index (χ0n) is 9.34. The second kappa shape index (κ2) is 4.79. The van der Waals surface area contributed by atoms with Crippen molar-refractivity contribution in [2.45, 2.75) is 11.1 Å². The van der Waals surface area contributed by atoms with Crippen LogP contribution in [0.1, 0.15) is 5.56 Å². The lowest BCUT2D eigenvalue weighted by Gasteiger charge is -2.07. The molecule has 0 fully saturated rings. The third-order valence-corrected chi connectivity index (χ3v) is 5.37. The molecule has 0 aliphatic carbocycles. The number of nitrogens with one attached hydrogen (secondary N) is 1. The van der Waals surface area contributed by atoms with Gasteiger partial charge in [0.2, 0.25) is 0 Å². The van der Waals surface area contributed by atoms with Gasteiger partial charge in [0, 0.05) is 5.69 Å². The molecule has 0 spiro atoms. The summed E-state index contributed by atoms with van der Waals surface area (Å²) in [4.78, 5) is 0. The van der Waals surface area contributed by atoms with Gasteiger partial charge in [-0.05, 0) is 42.8 Å². The number of phenolic OH excluding ortho intramolecular Hbond substituents is 1. The van der Waals surface area contributed by atoms with E-state index in [1.165, 1.54) is 24.3 Å². The second-order valence-electron chi connectivity index (χ2n) is 3.67. The number of rotatable bonds is 3. The van der Waals surface area contributed by atoms with Crippen molar-refractivity contribution in [2.75, 3.05) is 4.72 Å². The number of thiophene rings is 1. The lowest BCUT2D eigenvalue weighted by molar-refractivity contribution is 0.471. The molecule has 0 atom stereocenters. The first kappa shape index (κ1) is 13.2. The van der Waals surface area contributed by atoms with Crippen molar-refractivity contribution in [3.05, 3.63) is 40.2 Å². The lowest BCUT2D eigenvalue weighted by atomic mass is 10.2. The third-order valence-electron chi connectivity index (χ3n) is 2.26. The Hall–Kier alpha value is -1.24. The SMILES string of the molecule is Cc1cc(NS(=O)(=O)c2ccc(Cl)s2)ccc1O. The highest BCUT2D eigenvalue weighted by Gasteiger charge is 2.16. The molecule has 0 radical (unpaired) electrons. The van der Waals surface area contributed by atoms with Crippen LogP contribution in [0.4, 0.5) is 5.69 Å². The Morgan fingerprint density at radius 2 is 2.00 bits per heavy atom.